The zero-order valence-corrected chi connectivity index (χ0v) is 34.8. The molecule has 0 bridgehead atoms. The summed E-state index contributed by atoms with van der Waals surface area (Å²) in [4.78, 5) is 0. The normalized spacial score (nSPS) is 12.4. The summed E-state index contributed by atoms with van der Waals surface area (Å²) >= 11 is 0. The molecule has 0 aliphatic heterocycles. The third kappa shape index (κ3) is 4.37. The quantitative estimate of drug-likeness (QED) is 0.123. The smallest absolute Gasteiger partial charge is 0.000673 e. The average Bonchev–Trinajstić information content (AvgIpc) is 3.87. The van der Waals surface area contributed by atoms with E-state index in [-0.39, 0.29) is 0 Å². The fourth-order valence-electron chi connectivity index (χ4n) is 12.2. The first-order valence-electron chi connectivity index (χ1n) is 22.4. The van der Waals surface area contributed by atoms with Crippen molar-refractivity contribution < 1.29 is 0 Å². The maximum absolute atomic E-state index is 2.59. The van der Waals surface area contributed by atoms with Crippen molar-refractivity contribution in [3.63, 3.8) is 0 Å². The highest BCUT2D eigenvalue weighted by Gasteiger charge is 2.29. The molecule has 0 aliphatic carbocycles. The van der Waals surface area contributed by atoms with Gasteiger partial charge in [0.15, 0.2) is 0 Å². The third-order valence-electron chi connectivity index (χ3n) is 14.7. The van der Waals surface area contributed by atoms with Gasteiger partial charge in [0.25, 0.3) is 0 Å². The Morgan fingerprint density at radius 2 is 0.594 bits per heavy atom. The van der Waals surface area contributed by atoms with Gasteiger partial charge in [-0.05, 0) is 158 Å². The van der Waals surface area contributed by atoms with Crippen LogP contribution in [0.1, 0.15) is 0 Å². The van der Waals surface area contributed by atoms with Crippen LogP contribution in [0.25, 0.3) is 152 Å². The molecule has 0 radical (unpaired) electrons. The number of fused-ring (bicyclic) bond motifs is 10. The number of hydrogen-bond acceptors (Lipinski definition) is 0. The van der Waals surface area contributed by atoms with Crippen molar-refractivity contribution in [2.24, 2.45) is 0 Å². The Labute approximate surface area is 368 Å². The van der Waals surface area contributed by atoms with E-state index in [1.54, 1.807) is 0 Å². The summed E-state index contributed by atoms with van der Waals surface area (Å²) in [6.45, 7) is 0. The van der Waals surface area contributed by atoms with Crippen LogP contribution in [0.5, 0.6) is 0 Å². The predicted molar refractivity (Wildman–Crippen MR) is 277 cm³/mol. The topological polar surface area (TPSA) is 0 Å². The van der Waals surface area contributed by atoms with Gasteiger partial charge in [-0.25, -0.2) is 0 Å². The van der Waals surface area contributed by atoms with E-state index < -0.39 is 0 Å². The first kappa shape index (κ1) is 34.3. The van der Waals surface area contributed by atoms with Crippen molar-refractivity contribution in [1.82, 2.24) is 0 Å². The molecule has 0 saturated heterocycles. The van der Waals surface area contributed by atoms with Gasteiger partial charge in [0.2, 0.25) is 0 Å². The minimum atomic E-state index is 1.22. The lowest BCUT2D eigenvalue weighted by molar-refractivity contribution is 1.60. The molecular weight excluding hydrogens is 769 g/mol. The van der Waals surface area contributed by atoms with Crippen molar-refractivity contribution in [1.29, 1.82) is 0 Å². The second kappa shape index (κ2) is 12.6. The highest BCUT2D eigenvalue weighted by molar-refractivity contribution is 6.53. The molecule has 0 N–H and O–H groups in total. The van der Waals surface area contributed by atoms with E-state index in [1.165, 1.54) is 152 Å². The van der Waals surface area contributed by atoms with E-state index in [9.17, 15) is 0 Å². The Bertz CT molecular complexity index is 4350. The van der Waals surface area contributed by atoms with Crippen LogP contribution in [0.15, 0.2) is 218 Å². The Kier molecular flexibility index (Phi) is 6.77. The molecule has 0 spiro atoms. The molecule has 0 atom stereocenters. The van der Waals surface area contributed by atoms with Crippen LogP contribution in [0.3, 0.4) is 0 Å². The van der Waals surface area contributed by atoms with Gasteiger partial charge in [0.1, 0.15) is 0 Å². The largest absolute Gasteiger partial charge is 0.0622 e. The molecule has 15 rings (SSSR count). The molecule has 0 unspecified atom stereocenters. The molecule has 0 aliphatic rings. The van der Waals surface area contributed by atoms with E-state index in [0.29, 0.717) is 0 Å². The third-order valence-corrected chi connectivity index (χ3v) is 14.7. The minimum absolute atomic E-state index is 1.22. The van der Waals surface area contributed by atoms with Crippen LogP contribution in [0.2, 0.25) is 0 Å². The molecule has 0 aromatic heterocycles. The van der Waals surface area contributed by atoms with Crippen molar-refractivity contribution in [3.8, 4) is 44.5 Å². The molecular formula is C64H36. The minimum Gasteiger partial charge on any atom is -0.0622 e. The summed E-state index contributed by atoms with van der Waals surface area (Å²) in [5.41, 5.74) is 10.0. The molecule has 0 heterocycles. The Morgan fingerprint density at radius 1 is 0.172 bits per heavy atom. The number of hydrogen-bond donors (Lipinski definition) is 0. The summed E-state index contributed by atoms with van der Waals surface area (Å²) in [6.07, 6.45) is 0. The summed E-state index contributed by atoms with van der Waals surface area (Å²) < 4.78 is 0. The molecule has 292 valence electrons. The molecule has 0 amide bonds. The standard InChI is InChI=1S/C64H36/c1-3-16-37(17-4-1)41-24-7-9-26-43(41)44-34-35-52-57-46(44)29-15-33-51(57)61-59-48-30-12-21-39-20-11-28-47(55(39)48)53(59)36-54-58(45-27-10-8-25-42(45)38-18-5-2-6-19-38)60-49-31-13-22-40-23-14-32-50(56(40)49)62(60)63(52)64(54)61/h1-36H. The second-order valence-electron chi connectivity index (χ2n) is 17.7. The summed E-state index contributed by atoms with van der Waals surface area (Å²) in [5.74, 6) is 0. The van der Waals surface area contributed by atoms with Crippen molar-refractivity contribution in [3.05, 3.63) is 218 Å². The van der Waals surface area contributed by atoms with E-state index >= 15 is 0 Å². The van der Waals surface area contributed by atoms with Crippen LogP contribution >= 0.6 is 0 Å². The lowest BCUT2D eigenvalue weighted by Crippen LogP contribution is -1.94. The van der Waals surface area contributed by atoms with Gasteiger partial charge in [0.05, 0.1) is 0 Å². The van der Waals surface area contributed by atoms with Gasteiger partial charge >= 0.3 is 0 Å². The van der Waals surface area contributed by atoms with Gasteiger partial charge in [0, 0.05) is 0 Å². The van der Waals surface area contributed by atoms with Crippen LogP contribution in [-0.4, -0.2) is 0 Å². The van der Waals surface area contributed by atoms with Gasteiger partial charge in [-0.15, -0.1) is 0 Å². The van der Waals surface area contributed by atoms with Crippen molar-refractivity contribution >= 4 is 108 Å². The number of benzene rings is 13. The van der Waals surface area contributed by atoms with Crippen LogP contribution in [0.4, 0.5) is 0 Å². The monoisotopic (exact) mass is 804 g/mol. The highest BCUT2D eigenvalue weighted by atomic mass is 14.3. The van der Waals surface area contributed by atoms with Gasteiger partial charge < -0.3 is 0 Å². The van der Waals surface area contributed by atoms with Crippen molar-refractivity contribution in [2.45, 2.75) is 0 Å². The first-order chi connectivity index (χ1) is 31.8. The maximum atomic E-state index is 2.59. The summed E-state index contributed by atoms with van der Waals surface area (Å²) in [6, 6.07) is 82.2. The predicted octanol–water partition coefficient (Wildman–Crippen LogP) is 18.2. The van der Waals surface area contributed by atoms with Crippen molar-refractivity contribution in [2.75, 3.05) is 0 Å². The fourth-order valence-corrected chi connectivity index (χ4v) is 12.2. The zero-order valence-electron chi connectivity index (χ0n) is 34.8. The van der Waals surface area contributed by atoms with Crippen LogP contribution in [-0.2, 0) is 0 Å². The van der Waals surface area contributed by atoms with E-state index in [0.717, 1.165) is 0 Å². The van der Waals surface area contributed by atoms with Crippen LogP contribution in [0, 0.1) is 0 Å². The SMILES string of the molecule is c1ccc(-c2ccccc2-c2ccc3c4c2cccc4c2c4c(cc5c(-c6ccccc6-c6ccccc6)c6c7cccc8cccc(c87)c6c3c52)c2cccc3cccc4c32)cc1. The average molecular weight is 805 g/mol. The van der Waals surface area contributed by atoms with Crippen LogP contribution < -0.4 is 0 Å². The summed E-state index contributed by atoms with van der Waals surface area (Å²) in [5, 5.41) is 26.5. The maximum Gasteiger partial charge on any atom is -0.000673 e. The Hall–Kier alpha value is -8.32. The fraction of sp³-hybridized carbons (Fsp3) is 0. The first-order valence-corrected chi connectivity index (χ1v) is 22.4. The lowest BCUT2D eigenvalue weighted by Gasteiger charge is -2.22. The van der Waals surface area contributed by atoms with E-state index in [4.69, 9.17) is 0 Å². The second-order valence-corrected chi connectivity index (χ2v) is 17.7. The molecule has 0 fully saturated rings. The molecule has 15 aromatic rings. The van der Waals surface area contributed by atoms with E-state index in [1.807, 2.05) is 0 Å². The van der Waals surface area contributed by atoms with Gasteiger partial charge in [-0.2, -0.15) is 0 Å². The Balaban J connectivity index is 1.25. The van der Waals surface area contributed by atoms with E-state index in [2.05, 4.69) is 218 Å². The summed E-state index contributed by atoms with van der Waals surface area (Å²) in [7, 11) is 0. The Morgan fingerprint density at radius 3 is 1.25 bits per heavy atom. The molecule has 0 nitrogen and oxygen atoms in total. The molecule has 64 heavy (non-hydrogen) atoms. The lowest BCUT2D eigenvalue weighted by atomic mass is 9.80. The molecule has 15 aromatic carbocycles. The van der Waals surface area contributed by atoms with Gasteiger partial charge in [-0.3, -0.25) is 0 Å². The highest BCUT2D eigenvalue weighted by Crippen LogP contribution is 2.57. The van der Waals surface area contributed by atoms with Gasteiger partial charge in [-0.1, -0.05) is 212 Å². The molecule has 0 saturated carbocycles. The number of rotatable bonds is 4. The molecule has 0 heteroatoms. The zero-order chi connectivity index (χ0) is 41.6.